The molecule has 2 heterocycles. The van der Waals surface area contributed by atoms with E-state index in [2.05, 4.69) is 49.4 Å². The van der Waals surface area contributed by atoms with Crippen LogP contribution in [-0.2, 0) is 42.7 Å². The highest BCUT2D eigenvalue weighted by Crippen LogP contribution is 2.38. The van der Waals surface area contributed by atoms with E-state index in [4.69, 9.17) is 9.84 Å². The molecule has 0 saturated heterocycles. The van der Waals surface area contributed by atoms with Crippen molar-refractivity contribution in [3.8, 4) is 16.9 Å². The fourth-order valence-electron chi connectivity index (χ4n) is 5.51. The summed E-state index contributed by atoms with van der Waals surface area (Å²) in [5, 5.41) is 14.0. The van der Waals surface area contributed by atoms with Crippen LogP contribution in [0.2, 0.25) is 0 Å². The molecule has 2 aromatic carbocycles. The zero-order valence-corrected chi connectivity index (χ0v) is 27.3. The first-order valence-corrected chi connectivity index (χ1v) is 15.2. The number of aromatic nitrogens is 2. The van der Waals surface area contributed by atoms with Crippen molar-refractivity contribution in [1.29, 1.82) is 0 Å². The summed E-state index contributed by atoms with van der Waals surface area (Å²) in [5.74, 6) is -0.614. The summed E-state index contributed by atoms with van der Waals surface area (Å²) in [4.78, 5) is 29.1. The monoisotopic (exact) mass is 598 g/mol. The lowest BCUT2D eigenvalue weighted by atomic mass is 9.66. The molecular weight excluding hydrogens is 557 g/mol. The molecule has 8 nitrogen and oxygen atoms in total. The van der Waals surface area contributed by atoms with Gasteiger partial charge in [0.05, 0.1) is 5.69 Å². The molecule has 0 saturated carbocycles. The van der Waals surface area contributed by atoms with Crippen LogP contribution in [0.3, 0.4) is 0 Å². The smallest absolute Gasteiger partial charge is 0.341 e. The molecule has 0 bridgehead atoms. The number of hydrogen-bond acceptors (Lipinski definition) is 5. The normalized spacial score (nSPS) is 13.3. The second kappa shape index (κ2) is 13.3. The third-order valence-electron chi connectivity index (χ3n) is 7.61. The topological polar surface area (TPSA) is 87.9 Å². The highest BCUT2D eigenvalue weighted by molar-refractivity contribution is 7.25. The Hall–Kier alpha value is -3.77. The molecule has 1 N–H and O–H groups in total. The first kappa shape index (κ1) is 32.2. The van der Waals surface area contributed by atoms with Crippen LogP contribution in [0, 0.1) is 0 Å². The fraction of sp³-hybridized carbons (Fsp3) is 0.344. The first-order chi connectivity index (χ1) is 20.3. The minimum Gasteiger partial charge on any atom is -0.482 e. The van der Waals surface area contributed by atoms with Gasteiger partial charge in [0, 0.05) is 55.3 Å². The number of rotatable bonds is 12. The summed E-state index contributed by atoms with van der Waals surface area (Å²) >= 11 is 0. The Morgan fingerprint density at radius 2 is 1.95 bits per heavy atom. The number of hydrogen-bond donors (Lipinski definition) is 1. The number of aryl methyl sites for hydroxylation is 2. The van der Waals surface area contributed by atoms with Crippen molar-refractivity contribution in [3.05, 3.63) is 94.6 Å². The summed E-state index contributed by atoms with van der Waals surface area (Å²) < 4.78 is 7.45. The van der Waals surface area contributed by atoms with Crippen molar-refractivity contribution in [2.24, 2.45) is 7.05 Å². The molecule has 1 amide bonds. The number of carbonyl (C=O) groups is 2. The van der Waals surface area contributed by atoms with E-state index in [9.17, 15) is 14.7 Å². The van der Waals surface area contributed by atoms with Gasteiger partial charge in [0.25, 0.3) is 5.91 Å². The first-order valence-electron chi connectivity index (χ1n) is 14.6. The van der Waals surface area contributed by atoms with Gasteiger partial charge in [-0.1, -0.05) is 31.7 Å². The van der Waals surface area contributed by atoms with E-state index in [1.54, 1.807) is 6.07 Å². The lowest BCUT2D eigenvalue weighted by Gasteiger charge is -2.32. The highest BCUT2D eigenvalue weighted by Gasteiger charge is 2.31. The van der Waals surface area contributed by atoms with E-state index < -0.39 is 12.6 Å². The number of carbonyl (C=O) groups excluding carboxylic acids is 1. The van der Waals surface area contributed by atoms with E-state index in [1.807, 2.05) is 67.1 Å². The molecule has 1 unspecified atom stereocenters. The molecule has 43 heavy (non-hydrogen) atoms. The Balaban J connectivity index is 1.81. The third kappa shape index (κ3) is 7.42. The van der Waals surface area contributed by atoms with E-state index in [1.165, 1.54) is 0 Å². The lowest BCUT2D eigenvalue weighted by Crippen LogP contribution is -2.37. The maximum atomic E-state index is 14.2. The quantitative estimate of drug-likeness (QED) is 0.254. The summed E-state index contributed by atoms with van der Waals surface area (Å²) in [6.07, 6.45) is 7.52. The molecule has 0 radical (unpaired) electrons. The Bertz CT molecular complexity index is 1580. The Morgan fingerprint density at radius 3 is 2.58 bits per heavy atom. The second-order valence-electron chi connectivity index (χ2n) is 11.8. The largest absolute Gasteiger partial charge is 0.482 e. The molecule has 0 spiro atoms. The molecule has 1 aliphatic heterocycles. The molecule has 1 atom stereocenters. The molecule has 0 aliphatic carbocycles. The number of amides is 1. The standard InChI is InChI=1S/C32H41B2N4O4P/c1-6-11-37(20(3)4)16-22-14-25(27-18-36(5)35-30(27)32(33,34)43)24-10-12-38(31(41)26(24)15-22)17-23-13-21(7-2)8-9-28(23)42-19-29(39)40/h6,8-9,11,13-15,18H,3,7,10,12,16-17,19,33-34,43H2,1-2,4-5H3,(H,39,40)/b11-6-. The minimum absolute atomic E-state index is 0.0566. The summed E-state index contributed by atoms with van der Waals surface area (Å²) in [7, 11) is 9.06. The fourth-order valence-corrected chi connectivity index (χ4v) is 5.72. The molecule has 3 aromatic rings. The molecular formula is C32H41B2N4O4P. The zero-order chi connectivity index (χ0) is 31.5. The second-order valence-corrected chi connectivity index (χ2v) is 13.2. The van der Waals surface area contributed by atoms with Crippen molar-refractivity contribution >= 4 is 36.8 Å². The van der Waals surface area contributed by atoms with Crippen LogP contribution < -0.4 is 4.74 Å². The van der Waals surface area contributed by atoms with Gasteiger partial charge in [0.2, 0.25) is 0 Å². The Labute approximate surface area is 258 Å². The van der Waals surface area contributed by atoms with Gasteiger partial charge >= 0.3 is 5.97 Å². The number of carboxylic acids is 1. The molecule has 0 fully saturated rings. The summed E-state index contributed by atoms with van der Waals surface area (Å²) in [6.45, 7) is 11.1. The van der Waals surface area contributed by atoms with Crippen LogP contribution in [0.1, 0.15) is 59.1 Å². The van der Waals surface area contributed by atoms with Gasteiger partial charge in [-0.15, -0.1) is 9.24 Å². The predicted molar refractivity (Wildman–Crippen MR) is 180 cm³/mol. The summed E-state index contributed by atoms with van der Waals surface area (Å²) in [5.41, 5.74) is 8.51. The van der Waals surface area contributed by atoms with E-state index in [-0.39, 0.29) is 10.9 Å². The Kier molecular flexibility index (Phi) is 9.91. The van der Waals surface area contributed by atoms with Crippen LogP contribution >= 0.6 is 9.24 Å². The van der Waals surface area contributed by atoms with Crippen LogP contribution in [0.15, 0.2) is 61.1 Å². The van der Waals surface area contributed by atoms with Crippen LogP contribution in [-0.4, -0.2) is 65.4 Å². The molecule has 1 aromatic heterocycles. The van der Waals surface area contributed by atoms with Crippen LogP contribution in [0.25, 0.3) is 11.1 Å². The number of nitrogens with zero attached hydrogens (tertiary/aromatic N) is 4. The number of benzene rings is 2. The van der Waals surface area contributed by atoms with E-state index in [0.717, 1.165) is 51.2 Å². The average Bonchev–Trinajstić information content (AvgIpc) is 3.35. The lowest BCUT2D eigenvalue weighted by molar-refractivity contribution is -0.139. The van der Waals surface area contributed by atoms with Crippen molar-refractivity contribution in [2.75, 3.05) is 13.2 Å². The molecule has 11 heteroatoms. The SMILES string of the molecule is BC(B)(P)c1nn(C)cc1-c1cc(CN(/C=C\C)C(=C)C)cc2c1CCN(Cc1cc(CC)ccc1OCC(=O)O)C2=O. The van der Waals surface area contributed by atoms with E-state index >= 15 is 0 Å². The minimum atomic E-state index is -1.04. The number of fused-ring (bicyclic) bond motifs is 1. The van der Waals surface area contributed by atoms with Crippen molar-refractivity contribution in [2.45, 2.75) is 51.7 Å². The van der Waals surface area contributed by atoms with Gasteiger partial charge in [0.1, 0.15) is 21.4 Å². The number of ether oxygens (including phenoxy) is 1. The molecule has 1 aliphatic rings. The molecule has 224 valence electrons. The summed E-state index contributed by atoms with van der Waals surface area (Å²) in [6, 6.07) is 9.95. The van der Waals surface area contributed by atoms with Crippen molar-refractivity contribution in [3.63, 3.8) is 0 Å². The van der Waals surface area contributed by atoms with Crippen LogP contribution in [0.4, 0.5) is 0 Å². The van der Waals surface area contributed by atoms with Gasteiger partial charge in [-0.3, -0.25) is 9.48 Å². The average molecular weight is 598 g/mol. The maximum Gasteiger partial charge on any atom is 0.341 e. The van der Waals surface area contributed by atoms with Gasteiger partial charge < -0.3 is 19.6 Å². The Morgan fingerprint density at radius 1 is 1.23 bits per heavy atom. The van der Waals surface area contributed by atoms with E-state index in [0.29, 0.717) is 37.4 Å². The van der Waals surface area contributed by atoms with Crippen molar-refractivity contribution in [1.82, 2.24) is 19.6 Å². The van der Waals surface area contributed by atoms with Gasteiger partial charge in [-0.2, -0.15) is 5.10 Å². The molecule has 4 rings (SSSR count). The maximum absolute atomic E-state index is 14.2. The number of carboxylic acid groups (broad SMARTS) is 1. The van der Waals surface area contributed by atoms with Crippen LogP contribution in [0.5, 0.6) is 5.75 Å². The van der Waals surface area contributed by atoms with Gasteiger partial charge in [0.15, 0.2) is 6.61 Å². The van der Waals surface area contributed by atoms with Gasteiger partial charge in [-0.05, 0) is 78.3 Å². The zero-order valence-electron chi connectivity index (χ0n) is 26.1. The third-order valence-corrected chi connectivity index (χ3v) is 7.88. The number of aliphatic carboxylic acids is 1. The highest BCUT2D eigenvalue weighted by atomic mass is 31.0. The van der Waals surface area contributed by atoms with Crippen molar-refractivity contribution < 1.29 is 19.4 Å². The number of allylic oxidation sites excluding steroid dienone is 2. The van der Waals surface area contributed by atoms with Gasteiger partial charge in [-0.25, -0.2) is 4.79 Å². The predicted octanol–water partition coefficient (Wildman–Crippen LogP) is 3.43.